The molecule has 0 radical (unpaired) electrons. The Morgan fingerprint density at radius 2 is 2.31 bits per heavy atom. The Labute approximate surface area is 93.5 Å². The summed E-state index contributed by atoms with van der Waals surface area (Å²) in [6.07, 6.45) is 3.32. The van der Waals surface area contributed by atoms with Crippen LogP contribution in [0.4, 0.5) is 5.82 Å². The topological polar surface area (TPSA) is 82.8 Å². The lowest BCUT2D eigenvalue weighted by molar-refractivity contribution is 0.519. The number of oxazole rings is 1. The molecule has 2 N–H and O–H groups in total. The third kappa shape index (κ3) is 1.91. The first-order valence-corrected chi connectivity index (χ1v) is 5.29. The van der Waals surface area contributed by atoms with Gasteiger partial charge >= 0.3 is 0 Å². The van der Waals surface area contributed by atoms with Gasteiger partial charge in [-0.3, -0.25) is 0 Å². The average Bonchev–Trinajstić information content (AvgIpc) is 2.80. The van der Waals surface area contributed by atoms with E-state index in [2.05, 4.69) is 22.2 Å². The molecule has 2 aromatic rings. The molecule has 2 heterocycles. The second-order valence-electron chi connectivity index (χ2n) is 3.68. The zero-order valence-corrected chi connectivity index (χ0v) is 9.47. The van der Waals surface area contributed by atoms with E-state index in [-0.39, 0.29) is 0 Å². The molecule has 0 aromatic carbocycles. The second kappa shape index (κ2) is 4.34. The van der Waals surface area contributed by atoms with Gasteiger partial charge in [-0.1, -0.05) is 18.6 Å². The predicted molar refractivity (Wildman–Crippen MR) is 58.8 cm³/mol. The molecule has 0 fully saturated rings. The summed E-state index contributed by atoms with van der Waals surface area (Å²) in [5.41, 5.74) is 7.58. The third-order valence-corrected chi connectivity index (χ3v) is 2.50. The standard InChI is InChI=1S/C10H15N5O/c1-3-4-9-10(11)13-14-15(9)5-8-7(2)16-6-12-8/h6H,3-5,11H2,1-2H3. The average molecular weight is 221 g/mol. The van der Waals surface area contributed by atoms with Crippen molar-refractivity contribution < 1.29 is 4.42 Å². The van der Waals surface area contributed by atoms with Gasteiger partial charge in [0.2, 0.25) is 0 Å². The van der Waals surface area contributed by atoms with Crippen LogP contribution in [0.2, 0.25) is 0 Å². The van der Waals surface area contributed by atoms with Gasteiger partial charge in [0, 0.05) is 0 Å². The minimum atomic E-state index is 0.503. The van der Waals surface area contributed by atoms with Gasteiger partial charge in [-0.25, -0.2) is 9.67 Å². The molecule has 16 heavy (non-hydrogen) atoms. The molecule has 86 valence electrons. The molecule has 0 spiro atoms. The van der Waals surface area contributed by atoms with E-state index in [0.717, 1.165) is 30.0 Å². The van der Waals surface area contributed by atoms with Crippen molar-refractivity contribution in [3.8, 4) is 0 Å². The van der Waals surface area contributed by atoms with Gasteiger partial charge in [0.25, 0.3) is 0 Å². The normalized spacial score (nSPS) is 10.9. The lowest BCUT2D eigenvalue weighted by Crippen LogP contribution is -2.08. The van der Waals surface area contributed by atoms with E-state index < -0.39 is 0 Å². The lowest BCUT2D eigenvalue weighted by Gasteiger charge is -2.03. The van der Waals surface area contributed by atoms with Crippen LogP contribution in [-0.4, -0.2) is 20.0 Å². The summed E-state index contributed by atoms with van der Waals surface area (Å²) in [5, 5.41) is 7.89. The fraction of sp³-hybridized carbons (Fsp3) is 0.500. The largest absolute Gasteiger partial charge is 0.448 e. The first-order valence-electron chi connectivity index (χ1n) is 5.29. The van der Waals surface area contributed by atoms with Crippen molar-refractivity contribution in [2.24, 2.45) is 0 Å². The maximum Gasteiger partial charge on any atom is 0.181 e. The van der Waals surface area contributed by atoms with E-state index in [1.807, 2.05) is 6.92 Å². The van der Waals surface area contributed by atoms with Gasteiger partial charge in [0.15, 0.2) is 12.2 Å². The Balaban J connectivity index is 2.24. The summed E-state index contributed by atoms with van der Waals surface area (Å²) in [6.45, 7) is 4.53. The summed E-state index contributed by atoms with van der Waals surface area (Å²) in [6, 6.07) is 0. The number of aromatic nitrogens is 4. The van der Waals surface area contributed by atoms with Crippen LogP contribution in [0, 0.1) is 6.92 Å². The van der Waals surface area contributed by atoms with Gasteiger partial charge in [-0.2, -0.15) is 0 Å². The van der Waals surface area contributed by atoms with Crippen molar-refractivity contribution >= 4 is 5.82 Å². The van der Waals surface area contributed by atoms with E-state index in [9.17, 15) is 0 Å². The fourth-order valence-corrected chi connectivity index (χ4v) is 1.59. The fourth-order valence-electron chi connectivity index (χ4n) is 1.59. The van der Waals surface area contributed by atoms with Crippen LogP contribution in [0.1, 0.15) is 30.5 Å². The molecule has 2 rings (SSSR count). The van der Waals surface area contributed by atoms with Crippen LogP contribution in [0.15, 0.2) is 10.8 Å². The van der Waals surface area contributed by atoms with Gasteiger partial charge in [-0.05, 0) is 13.3 Å². The smallest absolute Gasteiger partial charge is 0.181 e. The predicted octanol–water partition coefficient (Wildman–Crippen LogP) is 1.16. The Kier molecular flexibility index (Phi) is 2.89. The highest BCUT2D eigenvalue weighted by Crippen LogP contribution is 2.13. The molecule has 2 aromatic heterocycles. The number of aryl methyl sites for hydroxylation is 1. The van der Waals surface area contributed by atoms with E-state index >= 15 is 0 Å². The van der Waals surface area contributed by atoms with Gasteiger partial charge in [0.1, 0.15) is 11.5 Å². The maximum atomic E-state index is 5.76. The molecule has 0 saturated heterocycles. The van der Waals surface area contributed by atoms with E-state index in [1.54, 1.807) is 4.68 Å². The highest BCUT2D eigenvalue weighted by atomic mass is 16.3. The Hall–Kier alpha value is -1.85. The third-order valence-electron chi connectivity index (χ3n) is 2.50. The monoisotopic (exact) mass is 221 g/mol. The molecule has 0 aliphatic carbocycles. The number of hydrogen-bond donors (Lipinski definition) is 1. The van der Waals surface area contributed by atoms with Crippen LogP contribution >= 0.6 is 0 Å². The molecular weight excluding hydrogens is 206 g/mol. The lowest BCUT2D eigenvalue weighted by atomic mass is 10.2. The number of nitrogens with two attached hydrogens (primary N) is 1. The molecule has 0 amide bonds. The molecule has 0 aliphatic rings. The van der Waals surface area contributed by atoms with E-state index in [0.29, 0.717) is 12.4 Å². The van der Waals surface area contributed by atoms with Crippen molar-refractivity contribution in [1.29, 1.82) is 0 Å². The number of nitrogens with zero attached hydrogens (tertiary/aromatic N) is 4. The Morgan fingerprint density at radius 3 is 2.94 bits per heavy atom. The number of anilines is 1. The van der Waals surface area contributed by atoms with Crippen molar-refractivity contribution in [3.63, 3.8) is 0 Å². The molecule has 6 nitrogen and oxygen atoms in total. The molecule has 0 bridgehead atoms. The van der Waals surface area contributed by atoms with Crippen molar-refractivity contribution in [2.75, 3.05) is 5.73 Å². The Morgan fingerprint density at radius 1 is 1.50 bits per heavy atom. The van der Waals surface area contributed by atoms with Crippen LogP contribution in [0.5, 0.6) is 0 Å². The maximum absolute atomic E-state index is 5.76. The van der Waals surface area contributed by atoms with Crippen LogP contribution in [0.3, 0.4) is 0 Å². The molecule has 0 saturated carbocycles. The molecule has 0 unspecified atom stereocenters. The molecule has 0 aliphatic heterocycles. The first kappa shape index (κ1) is 10.7. The summed E-state index contributed by atoms with van der Waals surface area (Å²) < 4.78 is 6.92. The first-order chi connectivity index (χ1) is 7.72. The second-order valence-corrected chi connectivity index (χ2v) is 3.68. The molecule has 0 atom stereocenters. The van der Waals surface area contributed by atoms with Gasteiger partial charge in [-0.15, -0.1) is 5.10 Å². The van der Waals surface area contributed by atoms with Crippen LogP contribution in [0.25, 0.3) is 0 Å². The SMILES string of the molecule is CCCc1c(N)nnn1Cc1ncoc1C. The van der Waals surface area contributed by atoms with Crippen molar-refractivity contribution in [3.05, 3.63) is 23.5 Å². The summed E-state index contributed by atoms with van der Waals surface area (Å²) in [7, 11) is 0. The summed E-state index contributed by atoms with van der Waals surface area (Å²) >= 11 is 0. The zero-order valence-electron chi connectivity index (χ0n) is 9.47. The highest BCUT2D eigenvalue weighted by Gasteiger charge is 2.12. The highest BCUT2D eigenvalue weighted by molar-refractivity contribution is 5.33. The van der Waals surface area contributed by atoms with Crippen LogP contribution in [-0.2, 0) is 13.0 Å². The quantitative estimate of drug-likeness (QED) is 0.837. The number of hydrogen-bond acceptors (Lipinski definition) is 5. The van der Waals surface area contributed by atoms with E-state index in [1.165, 1.54) is 6.39 Å². The van der Waals surface area contributed by atoms with Crippen molar-refractivity contribution in [1.82, 2.24) is 20.0 Å². The number of rotatable bonds is 4. The van der Waals surface area contributed by atoms with Gasteiger partial charge < -0.3 is 10.2 Å². The van der Waals surface area contributed by atoms with Crippen LogP contribution < -0.4 is 5.73 Å². The van der Waals surface area contributed by atoms with Crippen molar-refractivity contribution in [2.45, 2.75) is 33.2 Å². The minimum absolute atomic E-state index is 0.503. The summed E-state index contributed by atoms with van der Waals surface area (Å²) in [4.78, 5) is 4.13. The molecule has 6 heteroatoms. The summed E-state index contributed by atoms with van der Waals surface area (Å²) in [5.74, 6) is 1.31. The van der Waals surface area contributed by atoms with E-state index in [4.69, 9.17) is 10.2 Å². The Bertz CT molecular complexity index is 473. The van der Waals surface area contributed by atoms with Gasteiger partial charge in [0.05, 0.1) is 12.2 Å². The minimum Gasteiger partial charge on any atom is -0.448 e. The zero-order chi connectivity index (χ0) is 11.5. The number of nitrogen functional groups attached to an aromatic ring is 1. The molecular formula is C10H15N5O.